The Hall–Kier alpha value is -2.68. The number of thiazole rings is 1. The predicted molar refractivity (Wildman–Crippen MR) is 143 cm³/mol. The Morgan fingerprint density at radius 2 is 1.50 bits per heavy atom. The lowest BCUT2D eigenvalue weighted by Gasteiger charge is -2.24. The second-order valence-electron chi connectivity index (χ2n) is 8.04. The Bertz CT molecular complexity index is 1370. The fourth-order valence-corrected chi connectivity index (χ4v) is 5.51. The van der Waals surface area contributed by atoms with Gasteiger partial charge in [-0.25, -0.2) is 9.99 Å². The number of aromatic nitrogens is 1. The van der Waals surface area contributed by atoms with E-state index >= 15 is 0 Å². The lowest BCUT2D eigenvalue weighted by atomic mass is 9.98. The summed E-state index contributed by atoms with van der Waals surface area (Å²) in [4.78, 5) is 4.96. The normalized spacial score (nSPS) is 17.1. The lowest BCUT2D eigenvalue weighted by molar-refractivity contribution is 0.171. The maximum atomic E-state index is 5.86. The first-order valence-corrected chi connectivity index (χ1v) is 13.3. The first kappa shape index (κ1) is 21.8. The van der Waals surface area contributed by atoms with Crippen LogP contribution in [0.5, 0.6) is 11.5 Å². The van der Waals surface area contributed by atoms with Gasteiger partial charge in [-0.15, -0.1) is 11.3 Å². The van der Waals surface area contributed by atoms with Crippen molar-refractivity contribution in [2.24, 2.45) is 5.10 Å². The smallest absolute Gasteiger partial charge is 0.207 e. The monoisotopic (exact) mass is 595 g/mol. The molecule has 0 fully saturated rings. The van der Waals surface area contributed by atoms with Crippen molar-refractivity contribution in [1.82, 2.24) is 4.98 Å². The Balaban J connectivity index is 1.38. The Kier molecular flexibility index (Phi) is 5.89. The van der Waals surface area contributed by atoms with E-state index in [-0.39, 0.29) is 6.04 Å². The molecule has 0 aliphatic carbocycles. The van der Waals surface area contributed by atoms with Crippen molar-refractivity contribution in [3.63, 3.8) is 0 Å². The molecule has 34 heavy (non-hydrogen) atoms. The second-order valence-corrected chi connectivity index (χ2v) is 10.7. The number of benzene rings is 3. The molecule has 5 nitrogen and oxygen atoms in total. The Labute approximate surface area is 218 Å². The fraction of sp³-hybridized carbons (Fsp3) is 0.154. The van der Waals surface area contributed by atoms with Crippen molar-refractivity contribution in [2.75, 3.05) is 18.2 Å². The number of fused-ring (bicyclic) bond motifs is 1. The largest absolute Gasteiger partial charge is 0.486 e. The van der Waals surface area contributed by atoms with Gasteiger partial charge in [0.2, 0.25) is 5.13 Å². The minimum atomic E-state index is 0.0124. The summed E-state index contributed by atoms with van der Waals surface area (Å²) < 4.78 is 13.7. The summed E-state index contributed by atoms with van der Waals surface area (Å²) in [6, 6.07) is 22.7. The first-order chi connectivity index (χ1) is 16.6. The highest BCUT2D eigenvalue weighted by molar-refractivity contribution is 9.10. The van der Waals surface area contributed by atoms with Crippen molar-refractivity contribution >= 4 is 54.0 Å². The van der Waals surface area contributed by atoms with Crippen molar-refractivity contribution in [3.8, 4) is 22.8 Å². The summed E-state index contributed by atoms with van der Waals surface area (Å²) in [7, 11) is 0. The quantitative estimate of drug-likeness (QED) is 0.245. The number of halogens is 2. The average Bonchev–Trinajstić information content (AvgIpc) is 3.53. The van der Waals surface area contributed by atoms with Crippen LogP contribution in [0.15, 0.2) is 86.2 Å². The zero-order chi connectivity index (χ0) is 23.1. The van der Waals surface area contributed by atoms with E-state index < -0.39 is 0 Å². The van der Waals surface area contributed by atoms with Crippen molar-refractivity contribution in [2.45, 2.75) is 12.5 Å². The zero-order valence-electron chi connectivity index (χ0n) is 17.9. The molecule has 170 valence electrons. The molecule has 8 heteroatoms. The van der Waals surface area contributed by atoms with E-state index in [1.54, 1.807) is 11.3 Å². The molecule has 3 heterocycles. The summed E-state index contributed by atoms with van der Waals surface area (Å²) >= 11 is 8.64. The van der Waals surface area contributed by atoms with Crippen LogP contribution in [0, 0.1) is 0 Å². The molecule has 0 bridgehead atoms. The molecule has 3 aromatic carbocycles. The summed E-state index contributed by atoms with van der Waals surface area (Å²) in [5.74, 6) is 1.58. The number of rotatable bonds is 4. The molecule has 2 aliphatic rings. The van der Waals surface area contributed by atoms with Crippen LogP contribution < -0.4 is 14.5 Å². The SMILES string of the molecule is Brc1ccc(C2=NN(c3nc(-c4ccc(Br)cc4)cs3)C(c3ccc4c(c3)OCCO4)C2)cc1. The van der Waals surface area contributed by atoms with Gasteiger partial charge in [0, 0.05) is 26.3 Å². The molecule has 4 aromatic rings. The van der Waals surface area contributed by atoms with E-state index in [1.165, 1.54) is 0 Å². The van der Waals surface area contributed by atoms with Gasteiger partial charge >= 0.3 is 0 Å². The van der Waals surface area contributed by atoms with Crippen molar-refractivity contribution < 1.29 is 9.47 Å². The van der Waals surface area contributed by atoms with E-state index in [0.717, 1.165) is 60.1 Å². The van der Waals surface area contributed by atoms with Gasteiger partial charge in [0.1, 0.15) is 13.2 Å². The van der Waals surface area contributed by atoms with Crippen LogP contribution >= 0.6 is 43.2 Å². The third-order valence-corrected chi connectivity index (χ3v) is 7.75. The summed E-state index contributed by atoms with van der Waals surface area (Å²) in [6.07, 6.45) is 0.772. The molecule has 0 spiro atoms. The van der Waals surface area contributed by atoms with Gasteiger partial charge in [-0.1, -0.05) is 62.2 Å². The third kappa shape index (κ3) is 4.26. The van der Waals surface area contributed by atoms with Crippen molar-refractivity contribution in [3.05, 3.63) is 92.2 Å². The van der Waals surface area contributed by atoms with Crippen LogP contribution in [0.1, 0.15) is 23.6 Å². The Morgan fingerprint density at radius 1 is 0.824 bits per heavy atom. The number of anilines is 1. The maximum absolute atomic E-state index is 5.86. The molecule has 1 atom stereocenters. The molecule has 2 aliphatic heterocycles. The molecule has 0 radical (unpaired) electrons. The molecule has 0 N–H and O–H groups in total. The summed E-state index contributed by atoms with van der Waals surface area (Å²) in [6.45, 7) is 1.14. The van der Waals surface area contributed by atoms with Gasteiger partial charge in [0.05, 0.1) is 17.4 Å². The molecular weight excluding hydrogens is 578 g/mol. The van der Waals surface area contributed by atoms with Gasteiger partial charge in [-0.2, -0.15) is 5.10 Å². The van der Waals surface area contributed by atoms with E-state index in [1.807, 2.05) is 18.2 Å². The van der Waals surface area contributed by atoms with Crippen LogP contribution in [0.2, 0.25) is 0 Å². The topological polar surface area (TPSA) is 47.0 Å². The highest BCUT2D eigenvalue weighted by Gasteiger charge is 2.32. The number of nitrogens with zero attached hydrogens (tertiary/aromatic N) is 3. The van der Waals surface area contributed by atoms with Gasteiger partial charge < -0.3 is 9.47 Å². The Morgan fingerprint density at radius 3 is 2.24 bits per heavy atom. The number of hydrazone groups is 1. The molecule has 0 amide bonds. The molecule has 0 saturated carbocycles. The minimum absolute atomic E-state index is 0.0124. The van der Waals surface area contributed by atoms with Crippen LogP contribution in [0.3, 0.4) is 0 Å². The number of hydrogen-bond acceptors (Lipinski definition) is 6. The lowest BCUT2D eigenvalue weighted by Crippen LogP contribution is -2.20. The number of ether oxygens (including phenoxy) is 2. The van der Waals surface area contributed by atoms with Crippen LogP contribution in [-0.4, -0.2) is 23.9 Å². The standard InChI is InChI=1S/C26H19Br2N3O2S/c27-19-6-1-16(2-7-19)21-14-23(18-5-10-24-25(13-18)33-12-11-32-24)31(30-21)26-29-22(15-34-26)17-3-8-20(28)9-4-17/h1-10,13,15,23H,11-12,14H2. The predicted octanol–water partition coefficient (Wildman–Crippen LogP) is 7.46. The first-order valence-electron chi connectivity index (χ1n) is 10.9. The molecule has 1 unspecified atom stereocenters. The third-order valence-electron chi connectivity index (χ3n) is 5.87. The second kappa shape index (κ2) is 9.17. The highest BCUT2D eigenvalue weighted by atomic mass is 79.9. The maximum Gasteiger partial charge on any atom is 0.207 e. The van der Waals surface area contributed by atoms with E-state index in [4.69, 9.17) is 19.6 Å². The summed E-state index contributed by atoms with van der Waals surface area (Å²) in [5, 5.41) is 10.1. The molecule has 6 rings (SSSR count). The van der Waals surface area contributed by atoms with Crippen molar-refractivity contribution in [1.29, 1.82) is 0 Å². The number of hydrogen-bond donors (Lipinski definition) is 0. The molecule has 0 saturated heterocycles. The van der Waals surface area contributed by atoms with Gasteiger partial charge in [-0.3, -0.25) is 0 Å². The van der Waals surface area contributed by atoms with Crippen LogP contribution in [0.25, 0.3) is 11.3 Å². The van der Waals surface area contributed by atoms with Gasteiger partial charge in [0.25, 0.3) is 0 Å². The van der Waals surface area contributed by atoms with E-state index in [0.29, 0.717) is 13.2 Å². The zero-order valence-corrected chi connectivity index (χ0v) is 21.9. The van der Waals surface area contributed by atoms with Crippen LogP contribution in [-0.2, 0) is 0 Å². The highest BCUT2D eigenvalue weighted by Crippen LogP contribution is 2.42. The van der Waals surface area contributed by atoms with Gasteiger partial charge in [0.15, 0.2) is 11.5 Å². The molecular formula is C26H19Br2N3O2S. The summed E-state index contributed by atoms with van der Waals surface area (Å²) in [5.41, 5.74) is 5.30. The fourth-order valence-electron chi connectivity index (χ4n) is 4.15. The average molecular weight is 597 g/mol. The van der Waals surface area contributed by atoms with E-state index in [9.17, 15) is 0 Å². The molecule has 1 aromatic heterocycles. The van der Waals surface area contributed by atoms with E-state index in [2.05, 4.69) is 90.8 Å². The minimum Gasteiger partial charge on any atom is -0.486 e. The van der Waals surface area contributed by atoms with Crippen LogP contribution in [0.4, 0.5) is 5.13 Å². The van der Waals surface area contributed by atoms with Gasteiger partial charge in [-0.05, 0) is 47.5 Å².